The lowest BCUT2D eigenvalue weighted by Gasteiger charge is -2.17. The summed E-state index contributed by atoms with van der Waals surface area (Å²) < 4.78 is 4.95. The lowest BCUT2D eigenvalue weighted by molar-refractivity contribution is -0.128. The first-order valence-corrected chi connectivity index (χ1v) is 4.95. The van der Waals surface area contributed by atoms with E-state index in [1.54, 1.807) is 26.1 Å². The van der Waals surface area contributed by atoms with Crippen LogP contribution in [0.5, 0.6) is 0 Å². The average Bonchev–Trinajstić information content (AvgIpc) is 2.14. The number of rotatable bonds is 7. The molecule has 0 rings (SSSR count). The van der Waals surface area contributed by atoms with E-state index in [1.807, 2.05) is 7.05 Å². The molecule has 0 saturated heterocycles. The second kappa shape index (κ2) is 7.76. The minimum atomic E-state index is 0.184. The van der Waals surface area contributed by atoms with Crippen LogP contribution in [0.15, 0.2) is 0 Å². The Hall–Kier alpha value is -0.610. The summed E-state index contributed by atoms with van der Waals surface area (Å²) in [5.41, 5.74) is 0. The predicted molar refractivity (Wildman–Crippen MR) is 57.3 cm³/mol. The zero-order valence-corrected chi connectivity index (χ0v) is 9.75. The Labute approximate surface area is 86.8 Å². The molecule has 0 N–H and O–H groups in total. The molecular weight excluding hydrogens is 180 g/mol. The van der Waals surface area contributed by atoms with Crippen molar-refractivity contribution in [3.63, 3.8) is 0 Å². The van der Waals surface area contributed by atoms with Gasteiger partial charge in [0.1, 0.15) is 0 Å². The molecular formula is C10H22N2O2. The van der Waals surface area contributed by atoms with Crippen LogP contribution in [0.2, 0.25) is 0 Å². The Bertz CT molecular complexity index is 160. The van der Waals surface area contributed by atoms with Crippen LogP contribution < -0.4 is 0 Å². The smallest absolute Gasteiger partial charge is 0.223 e. The van der Waals surface area contributed by atoms with Gasteiger partial charge >= 0.3 is 0 Å². The maximum atomic E-state index is 11.3. The van der Waals surface area contributed by atoms with Gasteiger partial charge in [-0.1, -0.05) is 0 Å². The average molecular weight is 202 g/mol. The maximum Gasteiger partial charge on any atom is 0.223 e. The molecule has 0 aromatic carbocycles. The lowest BCUT2D eigenvalue weighted by atomic mass is 10.3. The Morgan fingerprint density at radius 1 is 1.21 bits per heavy atom. The molecule has 0 spiro atoms. The van der Waals surface area contributed by atoms with E-state index < -0.39 is 0 Å². The summed E-state index contributed by atoms with van der Waals surface area (Å²) in [6.45, 7) is 2.58. The molecule has 0 fully saturated rings. The van der Waals surface area contributed by atoms with Crippen LogP contribution in [-0.4, -0.2) is 63.7 Å². The van der Waals surface area contributed by atoms with Crippen molar-refractivity contribution in [3.8, 4) is 0 Å². The van der Waals surface area contributed by atoms with E-state index in [-0.39, 0.29) is 5.91 Å². The molecule has 0 bridgehead atoms. The summed E-state index contributed by atoms with van der Waals surface area (Å²) in [5, 5.41) is 0. The summed E-state index contributed by atoms with van der Waals surface area (Å²) in [7, 11) is 7.30. The molecule has 0 atom stereocenters. The predicted octanol–water partition coefficient (Wildman–Crippen LogP) is 0.433. The molecule has 84 valence electrons. The Kier molecular flexibility index (Phi) is 7.42. The SMILES string of the molecule is COCCCN(C)CCC(=O)N(C)C. The third kappa shape index (κ3) is 6.86. The van der Waals surface area contributed by atoms with E-state index >= 15 is 0 Å². The lowest BCUT2D eigenvalue weighted by Crippen LogP contribution is -2.28. The fourth-order valence-electron chi connectivity index (χ4n) is 1.10. The number of carbonyl (C=O) groups excluding carboxylic acids is 1. The first kappa shape index (κ1) is 13.4. The number of ether oxygens (including phenoxy) is 1. The molecule has 4 heteroatoms. The van der Waals surface area contributed by atoms with Crippen LogP contribution in [-0.2, 0) is 9.53 Å². The van der Waals surface area contributed by atoms with Crippen LogP contribution in [0, 0.1) is 0 Å². The quantitative estimate of drug-likeness (QED) is 0.561. The largest absolute Gasteiger partial charge is 0.385 e. The molecule has 0 aromatic heterocycles. The molecule has 0 saturated carbocycles. The summed E-state index contributed by atoms with van der Waals surface area (Å²) in [5.74, 6) is 0.184. The van der Waals surface area contributed by atoms with Gasteiger partial charge in [-0.15, -0.1) is 0 Å². The van der Waals surface area contributed by atoms with Gasteiger partial charge in [0.2, 0.25) is 5.91 Å². The summed E-state index contributed by atoms with van der Waals surface area (Å²) in [4.78, 5) is 15.0. The molecule has 0 aliphatic carbocycles. The first-order valence-electron chi connectivity index (χ1n) is 4.95. The maximum absolute atomic E-state index is 11.3. The minimum Gasteiger partial charge on any atom is -0.385 e. The van der Waals surface area contributed by atoms with E-state index in [9.17, 15) is 4.79 Å². The highest BCUT2D eigenvalue weighted by Crippen LogP contribution is 1.93. The van der Waals surface area contributed by atoms with Gasteiger partial charge in [-0.05, 0) is 13.5 Å². The van der Waals surface area contributed by atoms with Crippen molar-refractivity contribution in [2.75, 3.05) is 47.9 Å². The monoisotopic (exact) mass is 202 g/mol. The van der Waals surface area contributed by atoms with Gasteiger partial charge in [-0.3, -0.25) is 4.79 Å². The third-order valence-electron chi connectivity index (χ3n) is 2.09. The van der Waals surface area contributed by atoms with Crippen LogP contribution in [0.3, 0.4) is 0 Å². The zero-order chi connectivity index (χ0) is 11.0. The highest BCUT2D eigenvalue weighted by atomic mass is 16.5. The van der Waals surface area contributed by atoms with Gasteiger partial charge in [-0.25, -0.2) is 0 Å². The highest BCUT2D eigenvalue weighted by molar-refractivity contribution is 5.75. The van der Waals surface area contributed by atoms with Crippen molar-refractivity contribution >= 4 is 5.91 Å². The van der Waals surface area contributed by atoms with Gasteiger partial charge in [0.15, 0.2) is 0 Å². The topological polar surface area (TPSA) is 32.8 Å². The summed E-state index contributed by atoms with van der Waals surface area (Å²) in [6.07, 6.45) is 1.61. The van der Waals surface area contributed by atoms with E-state index in [0.29, 0.717) is 6.42 Å². The Morgan fingerprint density at radius 2 is 1.86 bits per heavy atom. The fourth-order valence-corrected chi connectivity index (χ4v) is 1.10. The number of hydrogen-bond acceptors (Lipinski definition) is 3. The normalized spacial score (nSPS) is 10.6. The fraction of sp³-hybridized carbons (Fsp3) is 0.900. The Morgan fingerprint density at radius 3 is 2.36 bits per heavy atom. The number of nitrogens with zero attached hydrogens (tertiary/aromatic N) is 2. The van der Waals surface area contributed by atoms with Crippen molar-refractivity contribution in [2.24, 2.45) is 0 Å². The Balaban J connectivity index is 3.43. The zero-order valence-electron chi connectivity index (χ0n) is 9.75. The molecule has 0 aliphatic rings. The van der Waals surface area contributed by atoms with Crippen LogP contribution >= 0.6 is 0 Å². The number of methoxy groups -OCH3 is 1. The number of hydrogen-bond donors (Lipinski definition) is 0. The molecule has 0 radical (unpaired) electrons. The van der Waals surface area contributed by atoms with E-state index in [2.05, 4.69) is 4.90 Å². The second-order valence-corrected chi connectivity index (χ2v) is 3.69. The molecule has 0 aromatic rings. The molecule has 14 heavy (non-hydrogen) atoms. The van der Waals surface area contributed by atoms with Crippen LogP contribution in [0.4, 0.5) is 0 Å². The van der Waals surface area contributed by atoms with Gasteiger partial charge in [0.05, 0.1) is 0 Å². The van der Waals surface area contributed by atoms with Crippen molar-refractivity contribution in [1.82, 2.24) is 9.80 Å². The third-order valence-corrected chi connectivity index (χ3v) is 2.09. The van der Waals surface area contributed by atoms with Crippen LogP contribution in [0.25, 0.3) is 0 Å². The second-order valence-electron chi connectivity index (χ2n) is 3.69. The summed E-state index contributed by atoms with van der Waals surface area (Å²) >= 11 is 0. The van der Waals surface area contributed by atoms with E-state index in [1.165, 1.54) is 0 Å². The van der Waals surface area contributed by atoms with Crippen molar-refractivity contribution in [2.45, 2.75) is 12.8 Å². The summed E-state index contributed by atoms with van der Waals surface area (Å²) in [6, 6.07) is 0. The molecule has 0 unspecified atom stereocenters. The minimum absolute atomic E-state index is 0.184. The molecule has 0 heterocycles. The molecule has 1 amide bonds. The van der Waals surface area contributed by atoms with Crippen molar-refractivity contribution < 1.29 is 9.53 Å². The standard InChI is InChI=1S/C10H22N2O2/c1-11(2)10(13)6-8-12(3)7-5-9-14-4/h5-9H2,1-4H3. The molecule has 4 nitrogen and oxygen atoms in total. The van der Waals surface area contributed by atoms with E-state index in [4.69, 9.17) is 4.74 Å². The van der Waals surface area contributed by atoms with Gasteiger partial charge in [0.25, 0.3) is 0 Å². The van der Waals surface area contributed by atoms with Gasteiger partial charge in [0, 0.05) is 47.3 Å². The van der Waals surface area contributed by atoms with Crippen molar-refractivity contribution in [3.05, 3.63) is 0 Å². The van der Waals surface area contributed by atoms with E-state index in [0.717, 1.165) is 26.1 Å². The van der Waals surface area contributed by atoms with Gasteiger partial charge < -0.3 is 14.5 Å². The van der Waals surface area contributed by atoms with Gasteiger partial charge in [-0.2, -0.15) is 0 Å². The van der Waals surface area contributed by atoms with Crippen LogP contribution in [0.1, 0.15) is 12.8 Å². The molecule has 0 aliphatic heterocycles. The van der Waals surface area contributed by atoms with Crippen molar-refractivity contribution in [1.29, 1.82) is 0 Å². The first-order chi connectivity index (χ1) is 6.57. The highest BCUT2D eigenvalue weighted by Gasteiger charge is 2.05. The number of carbonyl (C=O) groups is 1. The number of amides is 1.